The number of nitrogens with two attached hydrogens (primary N) is 1. The molecule has 1 fully saturated rings. The largest absolute Gasteiger partial charge is 0.326 e. The fraction of sp³-hybridized carbons (Fsp3) is 0.533. The molecule has 0 unspecified atom stereocenters. The molecular formula is C15H24N4O3S. The van der Waals surface area contributed by atoms with Crippen molar-refractivity contribution < 1.29 is 13.2 Å². The van der Waals surface area contributed by atoms with Gasteiger partial charge in [-0.05, 0) is 24.7 Å². The number of nitrogens with one attached hydrogen (secondary N) is 1. The minimum Gasteiger partial charge on any atom is -0.326 e. The predicted octanol–water partition coefficient (Wildman–Crippen LogP) is 0.300. The van der Waals surface area contributed by atoms with E-state index in [1.807, 2.05) is 0 Å². The Morgan fingerprint density at radius 1 is 1.22 bits per heavy atom. The van der Waals surface area contributed by atoms with Gasteiger partial charge in [0, 0.05) is 44.8 Å². The van der Waals surface area contributed by atoms with Gasteiger partial charge in [-0.1, -0.05) is 13.0 Å². The monoisotopic (exact) mass is 340 g/mol. The lowest BCUT2D eigenvalue weighted by Crippen LogP contribution is -2.46. The molecule has 1 amide bonds. The van der Waals surface area contributed by atoms with Gasteiger partial charge in [0.1, 0.15) is 0 Å². The Morgan fingerprint density at radius 3 is 2.48 bits per heavy atom. The molecule has 2 rings (SSSR count). The maximum absolute atomic E-state index is 12.0. The van der Waals surface area contributed by atoms with Crippen molar-refractivity contribution in [2.24, 2.45) is 5.14 Å². The first-order valence-corrected chi connectivity index (χ1v) is 9.30. The summed E-state index contributed by atoms with van der Waals surface area (Å²) in [6, 6.07) is 5.97. The predicted molar refractivity (Wildman–Crippen MR) is 89.6 cm³/mol. The van der Waals surface area contributed by atoms with Gasteiger partial charge in [-0.2, -0.15) is 0 Å². The van der Waals surface area contributed by atoms with Gasteiger partial charge >= 0.3 is 0 Å². The van der Waals surface area contributed by atoms with Crippen molar-refractivity contribution in [1.82, 2.24) is 9.80 Å². The first-order valence-electron chi connectivity index (χ1n) is 7.76. The second kappa shape index (κ2) is 7.87. The van der Waals surface area contributed by atoms with Crippen LogP contribution in [-0.4, -0.2) is 63.4 Å². The van der Waals surface area contributed by atoms with E-state index in [1.165, 1.54) is 12.1 Å². The summed E-state index contributed by atoms with van der Waals surface area (Å²) in [5.41, 5.74) is 0.442. The molecule has 23 heavy (non-hydrogen) atoms. The maximum atomic E-state index is 12.0. The zero-order chi connectivity index (χ0) is 16.9. The van der Waals surface area contributed by atoms with Crippen LogP contribution in [0.3, 0.4) is 0 Å². The lowest BCUT2D eigenvalue weighted by molar-refractivity contribution is -0.116. The van der Waals surface area contributed by atoms with E-state index in [0.29, 0.717) is 18.7 Å². The number of primary sulfonamides is 1. The van der Waals surface area contributed by atoms with Crippen LogP contribution in [-0.2, 0) is 14.8 Å². The van der Waals surface area contributed by atoms with E-state index in [1.54, 1.807) is 12.1 Å². The summed E-state index contributed by atoms with van der Waals surface area (Å²) in [5.74, 6) is -0.130. The summed E-state index contributed by atoms with van der Waals surface area (Å²) in [5, 5.41) is 7.80. The van der Waals surface area contributed by atoms with E-state index in [0.717, 1.165) is 32.7 Å². The van der Waals surface area contributed by atoms with Gasteiger partial charge in [-0.3, -0.25) is 4.79 Å². The zero-order valence-corrected chi connectivity index (χ0v) is 14.2. The zero-order valence-electron chi connectivity index (χ0n) is 13.4. The number of sulfonamides is 1. The minimum atomic E-state index is -3.76. The molecule has 1 aromatic rings. The van der Waals surface area contributed by atoms with Crippen LogP contribution in [0.15, 0.2) is 29.2 Å². The first kappa shape index (κ1) is 17.9. The Morgan fingerprint density at radius 2 is 1.87 bits per heavy atom. The van der Waals surface area contributed by atoms with E-state index in [9.17, 15) is 13.2 Å². The molecule has 0 aliphatic carbocycles. The topological polar surface area (TPSA) is 95.7 Å². The molecule has 1 aromatic carbocycles. The van der Waals surface area contributed by atoms with Crippen molar-refractivity contribution >= 4 is 21.6 Å². The SMILES string of the molecule is CCN1CCN(CCC(=O)Nc2cccc(S(N)(=O)=O)c2)CC1. The molecule has 0 bridgehead atoms. The van der Waals surface area contributed by atoms with Crippen LogP contribution in [0.5, 0.6) is 0 Å². The number of piperazine rings is 1. The molecule has 0 saturated carbocycles. The van der Waals surface area contributed by atoms with Crippen LogP contribution >= 0.6 is 0 Å². The highest BCUT2D eigenvalue weighted by molar-refractivity contribution is 7.89. The molecule has 1 heterocycles. The molecule has 3 N–H and O–H groups in total. The second-order valence-corrected chi connectivity index (χ2v) is 7.21. The van der Waals surface area contributed by atoms with Crippen molar-refractivity contribution in [2.45, 2.75) is 18.2 Å². The Bertz CT molecular complexity index is 640. The Balaban J connectivity index is 1.81. The highest BCUT2D eigenvalue weighted by atomic mass is 32.2. The molecule has 0 spiro atoms. The second-order valence-electron chi connectivity index (χ2n) is 5.65. The van der Waals surface area contributed by atoms with Crippen molar-refractivity contribution in [3.63, 3.8) is 0 Å². The summed E-state index contributed by atoms with van der Waals surface area (Å²) in [6.07, 6.45) is 0.381. The minimum absolute atomic E-state index is 0.00834. The normalized spacial score (nSPS) is 17.1. The average Bonchev–Trinajstić information content (AvgIpc) is 2.53. The third-order valence-corrected chi connectivity index (χ3v) is 4.92. The summed E-state index contributed by atoms with van der Waals surface area (Å²) >= 11 is 0. The molecule has 0 aromatic heterocycles. The standard InChI is InChI=1S/C15H24N4O3S/c1-2-18-8-10-19(11-9-18)7-6-15(20)17-13-4-3-5-14(12-13)23(16,21)22/h3-5,12H,2,6-11H2,1H3,(H,17,20)(H2,16,21,22). The van der Waals surface area contributed by atoms with Crippen LogP contribution in [0.25, 0.3) is 0 Å². The van der Waals surface area contributed by atoms with E-state index in [2.05, 4.69) is 22.0 Å². The van der Waals surface area contributed by atoms with E-state index < -0.39 is 10.0 Å². The third-order valence-electron chi connectivity index (χ3n) is 4.01. The van der Waals surface area contributed by atoms with E-state index in [4.69, 9.17) is 5.14 Å². The quantitative estimate of drug-likeness (QED) is 0.776. The summed E-state index contributed by atoms with van der Waals surface area (Å²) in [6.45, 7) is 7.94. The van der Waals surface area contributed by atoms with Gasteiger partial charge in [0.05, 0.1) is 4.90 Å². The number of amides is 1. The van der Waals surface area contributed by atoms with Gasteiger partial charge in [0.2, 0.25) is 15.9 Å². The number of anilines is 1. The molecule has 1 aliphatic rings. The Labute approximate surface area is 137 Å². The highest BCUT2D eigenvalue weighted by Gasteiger charge is 2.16. The van der Waals surface area contributed by atoms with Crippen LogP contribution < -0.4 is 10.5 Å². The lowest BCUT2D eigenvalue weighted by atomic mass is 10.2. The molecule has 0 atom stereocenters. The van der Waals surface area contributed by atoms with E-state index in [-0.39, 0.29) is 10.8 Å². The van der Waals surface area contributed by atoms with Crippen molar-refractivity contribution in [3.8, 4) is 0 Å². The number of likely N-dealkylation sites (N-methyl/N-ethyl adjacent to an activating group) is 1. The van der Waals surface area contributed by atoms with Crippen LogP contribution in [0, 0.1) is 0 Å². The molecule has 7 nitrogen and oxygen atoms in total. The number of hydrogen-bond donors (Lipinski definition) is 2. The molecule has 8 heteroatoms. The van der Waals surface area contributed by atoms with Crippen LogP contribution in [0.2, 0.25) is 0 Å². The number of hydrogen-bond acceptors (Lipinski definition) is 5. The van der Waals surface area contributed by atoms with Gasteiger partial charge in [0.25, 0.3) is 0 Å². The summed E-state index contributed by atoms with van der Waals surface area (Å²) in [4.78, 5) is 16.7. The van der Waals surface area contributed by atoms with Crippen molar-refractivity contribution in [1.29, 1.82) is 0 Å². The van der Waals surface area contributed by atoms with Gasteiger partial charge in [-0.25, -0.2) is 13.6 Å². The Hall–Kier alpha value is -1.48. The average molecular weight is 340 g/mol. The smallest absolute Gasteiger partial charge is 0.238 e. The molecule has 0 radical (unpaired) electrons. The third kappa shape index (κ3) is 5.58. The highest BCUT2D eigenvalue weighted by Crippen LogP contribution is 2.14. The lowest BCUT2D eigenvalue weighted by Gasteiger charge is -2.33. The number of nitrogens with zero attached hydrogens (tertiary/aromatic N) is 2. The Kier molecular flexibility index (Phi) is 6.11. The van der Waals surface area contributed by atoms with Crippen molar-refractivity contribution in [2.75, 3.05) is 44.6 Å². The van der Waals surface area contributed by atoms with Crippen LogP contribution in [0.1, 0.15) is 13.3 Å². The molecule has 128 valence electrons. The van der Waals surface area contributed by atoms with Gasteiger partial charge < -0.3 is 15.1 Å². The van der Waals surface area contributed by atoms with E-state index >= 15 is 0 Å². The van der Waals surface area contributed by atoms with Gasteiger partial charge in [-0.15, -0.1) is 0 Å². The number of rotatable bonds is 6. The number of carbonyl (C=O) groups is 1. The maximum Gasteiger partial charge on any atom is 0.238 e. The van der Waals surface area contributed by atoms with Crippen LogP contribution in [0.4, 0.5) is 5.69 Å². The van der Waals surface area contributed by atoms with Gasteiger partial charge in [0.15, 0.2) is 0 Å². The summed E-state index contributed by atoms with van der Waals surface area (Å²) < 4.78 is 22.6. The summed E-state index contributed by atoms with van der Waals surface area (Å²) in [7, 11) is -3.76. The molecule has 1 aliphatic heterocycles. The number of benzene rings is 1. The first-order chi connectivity index (χ1) is 10.9. The number of carbonyl (C=O) groups excluding carboxylic acids is 1. The van der Waals surface area contributed by atoms with Crippen molar-refractivity contribution in [3.05, 3.63) is 24.3 Å². The molecular weight excluding hydrogens is 316 g/mol. The fourth-order valence-corrected chi connectivity index (χ4v) is 3.12. The fourth-order valence-electron chi connectivity index (χ4n) is 2.56. The molecule has 1 saturated heterocycles.